The van der Waals surface area contributed by atoms with Crippen LogP contribution in [0.1, 0.15) is 0 Å². The number of amides is 1. The van der Waals surface area contributed by atoms with Gasteiger partial charge in [-0.15, -0.1) is 0 Å². The van der Waals surface area contributed by atoms with Crippen LogP contribution in [0, 0.1) is 11.3 Å². The molecule has 0 saturated heterocycles. The van der Waals surface area contributed by atoms with Gasteiger partial charge in [-0.25, -0.2) is 0 Å². The summed E-state index contributed by atoms with van der Waals surface area (Å²) in [5.74, 6) is -0.111. The minimum absolute atomic E-state index is 0.0820. The summed E-state index contributed by atoms with van der Waals surface area (Å²) in [6.07, 6.45) is 0. The maximum Gasteiger partial charge on any atom is 0.234 e. The van der Waals surface area contributed by atoms with Gasteiger partial charge in [0.25, 0.3) is 0 Å². The van der Waals surface area contributed by atoms with Gasteiger partial charge in [0, 0.05) is 13.1 Å². The van der Waals surface area contributed by atoms with Gasteiger partial charge in [-0.3, -0.25) is 9.69 Å². The SMILES string of the molecule is CNCCN(C)CC(=O)NCC#N. The first-order valence-electron chi connectivity index (χ1n) is 4.17. The Hall–Kier alpha value is -1.12. The predicted octanol–water partition coefficient (Wildman–Crippen LogP) is -1.22. The van der Waals surface area contributed by atoms with E-state index in [1.54, 1.807) is 0 Å². The van der Waals surface area contributed by atoms with Crippen molar-refractivity contribution in [2.45, 2.75) is 0 Å². The van der Waals surface area contributed by atoms with E-state index in [9.17, 15) is 4.79 Å². The lowest BCUT2D eigenvalue weighted by Gasteiger charge is -2.14. The zero-order valence-corrected chi connectivity index (χ0v) is 8.13. The van der Waals surface area contributed by atoms with E-state index in [0.717, 1.165) is 13.1 Å². The quantitative estimate of drug-likeness (QED) is 0.508. The molecule has 0 saturated carbocycles. The summed E-state index contributed by atoms with van der Waals surface area (Å²) < 4.78 is 0. The van der Waals surface area contributed by atoms with Crippen molar-refractivity contribution in [3.63, 3.8) is 0 Å². The third kappa shape index (κ3) is 7.25. The molecule has 0 aromatic rings. The Kier molecular flexibility index (Phi) is 6.88. The van der Waals surface area contributed by atoms with Crippen LogP contribution in [-0.2, 0) is 4.79 Å². The Morgan fingerprint density at radius 2 is 2.31 bits per heavy atom. The molecule has 0 bridgehead atoms. The number of rotatable bonds is 6. The lowest BCUT2D eigenvalue weighted by Crippen LogP contribution is -2.37. The molecule has 0 heterocycles. The summed E-state index contributed by atoms with van der Waals surface area (Å²) in [6, 6.07) is 1.85. The van der Waals surface area contributed by atoms with Gasteiger partial charge in [-0.2, -0.15) is 5.26 Å². The van der Waals surface area contributed by atoms with Gasteiger partial charge >= 0.3 is 0 Å². The molecule has 1 amide bonds. The number of nitriles is 1. The number of likely N-dealkylation sites (N-methyl/N-ethyl adjacent to an activating group) is 2. The van der Waals surface area contributed by atoms with Gasteiger partial charge in [0.05, 0.1) is 12.6 Å². The first-order valence-corrected chi connectivity index (χ1v) is 4.17. The summed E-state index contributed by atoms with van der Waals surface area (Å²) in [5, 5.41) is 13.7. The van der Waals surface area contributed by atoms with Gasteiger partial charge in [-0.05, 0) is 14.1 Å². The Morgan fingerprint density at radius 1 is 1.62 bits per heavy atom. The molecule has 0 aliphatic rings. The van der Waals surface area contributed by atoms with Crippen LogP contribution in [0.15, 0.2) is 0 Å². The number of nitrogens with zero attached hydrogens (tertiary/aromatic N) is 2. The zero-order valence-electron chi connectivity index (χ0n) is 8.13. The molecule has 74 valence electrons. The third-order valence-corrected chi connectivity index (χ3v) is 1.52. The molecule has 0 fully saturated rings. The van der Waals surface area contributed by atoms with Crippen molar-refractivity contribution in [3.8, 4) is 6.07 Å². The molecule has 0 spiro atoms. The van der Waals surface area contributed by atoms with E-state index in [4.69, 9.17) is 5.26 Å². The minimum atomic E-state index is -0.111. The molecule has 0 rings (SSSR count). The molecule has 0 aliphatic carbocycles. The normalized spacial score (nSPS) is 9.69. The van der Waals surface area contributed by atoms with E-state index in [0.29, 0.717) is 6.54 Å². The van der Waals surface area contributed by atoms with Crippen LogP contribution in [0.25, 0.3) is 0 Å². The fourth-order valence-electron chi connectivity index (χ4n) is 0.821. The summed E-state index contributed by atoms with van der Waals surface area (Å²) >= 11 is 0. The van der Waals surface area contributed by atoms with Gasteiger partial charge in [0.1, 0.15) is 6.54 Å². The van der Waals surface area contributed by atoms with Crippen LogP contribution in [0.4, 0.5) is 0 Å². The molecule has 5 heteroatoms. The van der Waals surface area contributed by atoms with Crippen LogP contribution in [0.5, 0.6) is 0 Å². The highest BCUT2D eigenvalue weighted by molar-refractivity contribution is 5.78. The summed E-state index contributed by atoms with van der Waals surface area (Å²) in [7, 11) is 3.73. The number of hydrogen-bond donors (Lipinski definition) is 2. The Balaban J connectivity index is 3.48. The molecular weight excluding hydrogens is 168 g/mol. The Bertz CT molecular complexity index is 187. The molecule has 0 radical (unpaired) electrons. The zero-order chi connectivity index (χ0) is 10.1. The van der Waals surface area contributed by atoms with E-state index in [2.05, 4.69) is 10.6 Å². The van der Waals surface area contributed by atoms with E-state index < -0.39 is 0 Å². The predicted molar refractivity (Wildman–Crippen MR) is 50.0 cm³/mol. The fraction of sp³-hybridized carbons (Fsp3) is 0.750. The molecular formula is C8H16N4O. The van der Waals surface area contributed by atoms with Crippen LogP contribution in [-0.4, -0.2) is 51.1 Å². The number of hydrogen-bond acceptors (Lipinski definition) is 4. The molecule has 0 atom stereocenters. The van der Waals surface area contributed by atoms with Crippen LogP contribution in [0.3, 0.4) is 0 Å². The Morgan fingerprint density at radius 3 is 2.85 bits per heavy atom. The molecule has 0 aliphatic heterocycles. The topological polar surface area (TPSA) is 68.2 Å². The van der Waals surface area contributed by atoms with Crippen molar-refractivity contribution < 1.29 is 4.79 Å². The number of carbonyl (C=O) groups excluding carboxylic acids is 1. The summed E-state index contributed by atoms with van der Waals surface area (Å²) in [4.78, 5) is 12.9. The molecule has 13 heavy (non-hydrogen) atoms. The van der Waals surface area contributed by atoms with Crippen molar-refractivity contribution in [2.24, 2.45) is 0 Å². The fourth-order valence-corrected chi connectivity index (χ4v) is 0.821. The summed E-state index contributed by atoms with van der Waals surface area (Å²) in [6.45, 7) is 2.08. The van der Waals surface area contributed by atoms with Crippen LogP contribution < -0.4 is 10.6 Å². The second-order valence-corrected chi connectivity index (χ2v) is 2.78. The second-order valence-electron chi connectivity index (χ2n) is 2.78. The van der Waals surface area contributed by atoms with Crippen molar-refractivity contribution >= 4 is 5.91 Å². The highest BCUT2D eigenvalue weighted by Gasteiger charge is 2.04. The highest BCUT2D eigenvalue weighted by Crippen LogP contribution is 1.79. The first-order chi connectivity index (χ1) is 6.20. The maximum atomic E-state index is 11.1. The van der Waals surface area contributed by atoms with Crippen LogP contribution >= 0.6 is 0 Å². The molecule has 0 unspecified atom stereocenters. The average Bonchev–Trinajstić information content (AvgIpc) is 2.11. The monoisotopic (exact) mass is 184 g/mol. The molecule has 2 N–H and O–H groups in total. The van der Waals surface area contributed by atoms with Crippen LogP contribution in [0.2, 0.25) is 0 Å². The summed E-state index contributed by atoms with van der Waals surface area (Å²) in [5.41, 5.74) is 0. The van der Waals surface area contributed by atoms with Gasteiger partial charge in [0.2, 0.25) is 5.91 Å². The van der Waals surface area contributed by atoms with Gasteiger partial charge in [-0.1, -0.05) is 0 Å². The molecule has 5 nitrogen and oxygen atoms in total. The lowest BCUT2D eigenvalue weighted by atomic mass is 10.4. The first kappa shape index (κ1) is 11.9. The lowest BCUT2D eigenvalue weighted by molar-refractivity contribution is -0.121. The average molecular weight is 184 g/mol. The third-order valence-electron chi connectivity index (χ3n) is 1.52. The van der Waals surface area contributed by atoms with Crippen molar-refractivity contribution in [1.29, 1.82) is 5.26 Å². The molecule has 0 aromatic carbocycles. The standard InChI is InChI=1S/C8H16N4O/c1-10-5-6-12(2)7-8(13)11-4-3-9/h10H,4-7H2,1-2H3,(H,11,13). The number of carbonyl (C=O) groups is 1. The largest absolute Gasteiger partial charge is 0.342 e. The van der Waals surface area contributed by atoms with E-state index >= 15 is 0 Å². The smallest absolute Gasteiger partial charge is 0.234 e. The van der Waals surface area contributed by atoms with E-state index in [1.165, 1.54) is 0 Å². The molecule has 0 aromatic heterocycles. The van der Waals surface area contributed by atoms with E-state index in [-0.39, 0.29) is 12.5 Å². The van der Waals surface area contributed by atoms with E-state index in [1.807, 2.05) is 25.1 Å². The van der Waals surface area contributed by atoms with Crippen molar-refractivity contribution in [2.75, 3.05) is 40.3 Å². The van der Waals surface area contributed by atoms with Gasteiger partial charge in [0.15, 0.2) is 0 Å². The maximum absolute atomic E-state index is 11.1. The van der Waals surface area contributed by atoms with Crippen molar-refractivity contribution in [3.05, 3.63) is 0 Å². The highest BCUT2D eigenvalue weighted by atomic mass is 16.1. The second kappa shape index (κ2) is 7.53. The Labute approximate surface area is 78.7 Å². The van der Waals surface area contributed by atoms with Gasteiger partial charge < -0.3 is 10.6 Å². The number of nitrogens with one attached hydrogen (secondary N) is 2. The van der Waals surface area contributed by atoms with Crippen molar-refractivity contribution in [1.82, 2.24) is 15.5 Å². The minimum Gasteiger partial charge on any atom is -0.342 e.